The highest BCUT2D eigenvalue weighted by molar-refractivity contribution is 6.58. The van der Waals surface area contributed by atoms with Gasteiger partial charge in [0.05, 0.1) is 0 Å². The Morgan fingerprint density at radius 1 is 1.00 bits per heavy atom. The van der Waals surface area contributed by atoms with Crippen LogP contribution in [-0.4, -0.2) is 6.98 Å². The lowest BCUT2D eigenvalue weighted by Crippen LogP contribution is -2.13. The highest BCUT2D eigenvalue weighted by atomic mass is 19.4. The molecule has 0 unspecified atom stereocenters. The summed E-state index contributed by atoms with van der Waals surface area (Å²) in [5, 5.41) is 0. The SMILES string of the molecule is F[B-](F)(F)CCCc1ccccc1. The first kappa shape index (κ1) is 10.2. The van der Waals surface area contributed by atoms with Gasteiger partial charge in [-0.3, -0.25) is 0 Å². The Balaban J connectivity index is 2.29. The predicted octanol–water partition coefficient (Wildman–Crippen LogP) is 3.47. The maximum Gasteiger partial charge on any atom is 0.478 e. The molecule has 0 amide bonds. The standard InChI is InChI=1S/C9H11BF3/c11-10(12,13)8-4-7-9-5-2-1-3-6-9/h1-3,5-6H,4,7-8H2/q-1. The van der Waals surface area contributed by atoms with E-state index in [1.54, 1.807) is 0 Å². The number of halogens is 3. The van der Waals surface area contributed by atoms with Crippen molar-refractivity contribution in [3.8, 4) is 0 Å². The normalized spacial score (nSPS) is 11.6. The van der Waals surface area contributed by atoms with Crippen LogP contribution in [0.1, 0.15) is 12.0 Å². The quantitative estimate of drug-likeness (QED) is 0.633. The molecule has 0 aliphatic heterocycles. The maximum absolute atomic E-state index is 11.8. The lowest BCUT2D eigenvalue weighted by molar-refractivity contribution is 0.464. The van der Waals surface area contributed by atoms with E-state index in [9.17, 15) is 12.9 Å². The third-order valence-corrected chi connectivity index (χ3v) is 1.84. The van der Waals surface area contributed by atoms with Crippen molar-refractivity contribution in [2.24, 2.45) is 0 Å². The molecule has 0 aromatic heterocycles. The minimum absolute atomic E-state index is 0.202. The van der Waals surface area contributed by atoms with E-state index in [2.05, 4.69) is 0 Å². The van der Waals surface area contributed by atoms with Gasteiger partial charge in [0, 0.05) is 0 Å². The van der Waals surface area contributed by atoms with Crippen LogP contribution in [0.15, 0.2) is 30.3 Å². The topological polar surface area (TPSA) is 0 Å². The molecule has 0 radical (unpaired) electrons. The Kier molecular flexibility index (Phi) is 3.40. The fourth-order valence-corrected chi connectivity index (χ4v) is 1.18. The third-order valence-electron chi connectivity index (χ3n) is 1.84. The molecular weight excluding hydrogens is 176 g/mol. The summed E-state index contributed by atoms with van der Waals surface area (Å²) in [7, 11) is 0. The number of benzene rings is 1. The smallest absolute Gasteiger partial charge is 0.449 e. The van der Waals surface area contributed by atoms with E-state index in [-0.39, 0.29) is 6.42 Å². The Hall–Kier alpha value is -0.925. The summed E-state index contributed by atoms with van der Waals surface area (Å²) in [6.45, 7) is -4.60. The summed E-state index contributed by atoms with van der Waals surface area (Å²) >= 11 is 0. The van der Waals surface area contributed by atoms with Crippen LogP contribution in [0.2, 0.25) is 6.32 Å². The van der Waals surface area contributed by atoms with E-state index in [1.165, 1.54) is 0 Å². The maximum atomic E-state index is 11.8. The van der Waals surface area contributed by atoms with Gasteiger partial charge in [0.15, 0.2) is 0 Å². The van der Waals surface area contributed by atoms with Crippen LogP contribution < -0.4 is 0 Å². The first-order chi connectivity index (χ1) is 6.08. The monoisotopic (exact) mass is 187 g/mol. The third kappa shape index (κ3) is 4.60. The minimum atomic E-state index is -4.60. The van der Waals surface area contributed by atoms with Gasteiger partial charge in [-0.05, 0) is 12.0 Å². The summed E-state index contributed by atoms with van der Waals surface area (Å²) in [6.07, 6.45) is 0.0878. The van der Waals surface area contributed by atoms with Gasteiger partial charge in [0.1, 0.15) is 0 Å². The lowest BCUT2D eigenvalue weighted by atomic mass is 9.83. The molecule has 72 valence electrons. The molecule has 0 N–H and O–H groups in total. The van der Waals surface area contributed by atoms with Gasteiger partial charge in [-0.2, -0.15) is 0 Å². The van der Waals surface area contributed by atoms with Crippen molar-refractivity contribution in [2.45, 2.75) is 19.2 Å². The molecule has 1 rings (SSSR count). The van der Waals surface area contributed by atoms with E-state index in [0.29, 0.717) is 6.42 Å². The van der Waals surface area contributed by atoms with Crippen LogP contribution in [0.25, 0.3) is 0 Å². The van der Waals surface area contributed by atoms with E-state index in [1.807, 2.05) is 30.3 Å². The molecule has 0 nitrogen and oxygen atoms in total. The second-order valence-corrected chi connectivity index (χ2v) is 3.09. The van der Waals surface area contributed by atoms with Crippen LogP contribution in [0, 0.1) is 0 Å². The van der Waals surface area contributed by atoms with Crippen molar-refractivity contribution >= 4 is 6.98 Å². The van der Waals surface area contributed by atoms with Crippen LogP contribution >= 0.6 is 0 Å². The summed E-state index contributed by atoms with van der Waals surface area (Å²) in [6, 6.07) is 9.24. The fraction of sp³-hybridized carbons (Fsp3) is 0.333. The van der Waals surface area contributed by atoms with Gasteiger partial charge in [-0.1, -0.05) is 43.1 Å². The number of hydrogen-bond donors (Lipinski definition) is 0. The molecule has 0 atom stereocenters. The van der Waals surface area contributed by atoms with Gasteiger partial charge in [0.25, 0.3) is 0 Å². The van der Waals surface area contributed by atoms with E-state index >= 15 is 0 Å². The van der Waals surface area contributed by atoms with E-state index in [0.717, 1.165) is 5.56 Å². The summed E-state index contributed by atoms with van der Waals surface area (Å²) in [5.74, 6) is 0. The molecule has 0 saturated heterocycles. The molecule has 0 bridgehead atoms. The molecule has 0 saturated carbocycles. The molecule has 0 spiro atoms. The zero-order valence-corrected chi connectivity index (χ0v) is 7.22. The van der Waals surface area contributed by atoms with Gasteiger partial charge in [-0.15, -0.1) is 0 Å². The number of aryl methyl sites for hydroxylation is 1. The summed E-state index contributed by atoms with van der Waals surface area (Å²) < 4.78 is 35.5. The van der Waals surface area contributed by atoms with Gasteiger partial charge >= 0.3 is 6.98 Å². The lowest BCUT2D eigenvalue weighted by Gasteiger charge is -2.12. The van der Waals surface area contributed by atoms with Crippen molar-refractivity contribution in [1.29, 1.82) is 0 Å². The van der Waals surface area contributed by atoms with Crippen molar-refractivity contribution in [3.63, 3.8) is 0 Å². The van der Waals surface area contributed by atoms with Crippen LogP contribution in [0.3, 0.4) is 0 Å². The Morgan fingerprint density at radius 2 is 1.62 bits per heavy atom. The van der Waals surface area contributed by atoms with Gasteiger partial charge in [0.2, 0.25) is 0 Å². The van der Waals surface area contributed by atoms with Crippen molar-refractivity contribution in [3.05, 3.63) is 35.9 Å². The summed E-state index contributed by atoms with van der Waals surface area (Å²) in [4.78, 5) is 0. The number of hydrogen-bond acceptors (Lipinski definition) is 0. The largest absolute Gasteiger partial charge is 0.478 e. The van der Waals surface area contributed by atoms with Crippen molar-refractivity contribution < 1.29 is 12.9 Å². The zero-order chi connectivity index (χ0) is 9.73. The molecular formula is C9H11BF3-. The van der Waals surface area contributed by atoms with Gasteiger partial charge < -0.3 is 12.9 Å². The Bertz CT molecular complexity index is 243. The first-order valence-electron chi connectivity index (χ1n) is 4.33. The van der Waals surface area contributed by atoms with Crippen LogP contribution in [0.4, 0.5) is 12.9 Å². The van der Waals surface area contributed by atoms with Crippen molar-refractivity contribution in [2.75, 3.05) is 0 Å². The number of rotatable bonds is 4. The van der Waals surface area contributed by atoms with E-state index < -0.39 is 13.3 Å². The molecule has 0 aliphatic rings. The Labute approximate surface area is 75.8 Å². The zero-order valence-electron chi connectivity index (χ0n) is 7.22. The Morgan fingerprint density at radius 3 is 2.15 bits per heavy atom. The average Bonchev–Trinajstić information content (AvgIpc) is 2.04. The molecule has 0 fully saturated rings. The summed E-state index contributed by atoms with van der Waals surface area (Å²) in [5.41, 5.74) is 0.975. The van der Waals surface area contributed by atoms with E-state index in [4.69, 9.17) is 0 Å². The molecule has 1 aromatic rings. The molecule has 4 heteroatoms. The first-order valence-corrected chi connectivity index (χ1v) is 4.33. The second-order valence-electron chi connectivity index (χ2n) is 3.09. The van der Waals surface area contributed by atoms with Gasteiger partial charge in [-0.25, -0.2) is 0 Å². The highest BCUT2D eigenvalue weighted by Crippen LogP contribution is 2.18. The molecule has 0 heterocycles. The van der Waals surface area contributed by atoms with Crippen LogP contribution in [-0.2, 0) is 6.42 Å². The highest BCUT2D eigenvalue weighted by Gasteiger charge is 2.21. The molecule has 1 aromatic carbocycles. The second kappa shape index (κ2) is 4.35. The van der Waals surface area contributed by atoms with Crippen molar-refractivity contribution in [1.82, 2.24) is 0 Å². The van der Waals surface area contributed by atoms with Crippen LogP contribution in [0.5, 0.6) is 0 Å². The molecule has 0 aliphatic carbocycles. The average molecular weight is 187 g/mol. The molecule has 13 heavy (non-hydrogen) atoms. The minimum Gasteiger partial charge on any atom is -0.449 e. The fourth-order valence-electron chi connectivity index (χ4n) is 1.18. The predicted molar refractivity (Wildman–Crippen MR) is 48.6 cm³/mol.